The lowest BCUT2D eigenvalue weighted by atomic mass is 10.4. The van der Waals surface area contributed by atoms with E-state index in [-0.39, 0.29) is 11.6 Å². The zero-order chi connectivity index (χ0) is 11.0. The van der Waals surface area contributed by atoms with E-state index in [4.69, 9.17) is 9.84 Å². The molecular weight excluding hydrogens is 184 g/mol. The minimum Gasteiger partial charge on any atom is -0.478 e. The van der Waals surface area contributed by atoms with Gasteiger partial charge in [-0.05, 0) is 6.92 Å². The number of aromatic nitrogens is 2. The van der Waals surface area contributed by atoms with Crippen molar-refractivity contribution in [3.63, 3.8) is 0 Å². The first-order valence-electron chi connectivity index (χ1n) is 4.42. The van der Waals surface area contributed by atoms with Gasteiger partial charge in [-0.1, -0.05) is 13.8 Å². The summed E-state index contributed by atoms with van der Waals surface area (Å²) in [7, 11) is 0. The third-order valence-electron chi connectivity index (χ3n) is 1.15. The first-order valence-corrected chi connectivity index (χ1v) is 4.42. The molecule has 1 N–H and O–H groups in total. The quantitative estimate of drug-likeness (QED) is 0.798. The molecule has 1 aromatic heterocycles. The predicted octanol–water partition coefficient (Wildman–Crippen LogP) is 1.60. The zero-order valence-electron chi connectivity index (χ0n) is 8.52. The molecule has 1 aromatic rings. The van der Waals surface area contributed by atoms with Crippen LogP contribution in [0.2, 0.25) is 0 Å². The molecule has 5 nitrogen and oxygen atoms in total. The molecule has 0 saturated carbocycles. The highest BCUT2D eigenvalue weighted by atomic mass is 16.5. The highest BCUT2D eigenvalue weighted by molar-refractivity contribution is 5.86. The van der Waals surface area contributed by atoms with Gasteiger partial charge in [0.25, 0.3) is 0 Å². The van der Waals surface area contributed by atoms with Gasteiger partial charge < -0.3 is 9.84 Å². The number of carbonyl (C=O) groups is 1. The summed E-state index contributed by atoms with van der Waals surface area (Å²) in [5, 5.41) is 8.48. The van der Waals surface area contributed by atoms with Crippen molar-refractivity contribution in [1.82, 2.24) is 9.97 Å². The Balaban J connectivity index is 0.000000791. The van der Waals surface area contributed by atoms with E-state index in [2.05, 4.69) is 9.97 Å². The lowest BCUT2D eigenvalue weighted by Gasteiger charge is -1.98. The number of carboxylic acids is 1. The maximum Gasteiger partial charge on any atom is 0.338 e. The van der Waals surface area contributed by atoms with Gasteiger partial charge in [-0.15, -0.1) is 0 Å². The lowest BCUT2D eigenvalue weighted by Crippen LogP contribution is -2.01. The normalized spacial score (nSPS) is 8.50. The molecule has 0 atom stereocenters. The van der Waals surface area contributed by atoms with Crippen molar-refractivity contribution in [3.8, 4) is 6.01 Å². The van der Waals surface area contributed by atoms with E-state index in [9.17, 15) is 4.79 Å². The molecule has 0 bridgehead atoms. The molecule has 0 unspecified atom stereocenters. The van der Waals surface area contributed by atoms with Crippen LogP contribution in [0.3, 0.4) is 0 Å². The number of ether oxygens (including phenoxy) is 1. The van der Waals surface area contributed by atoms with Gasteiger partial charge in [-0.2, -0.15) is 0 Å². The van der Waals surface area contributed by atoms with Crippen LogP contribution in [0, 0.1) is 0 Å². The van der Waals surface area contributed by atoms with Gasteiger partial charge in [0.2, 0.25) is 0 Å². The van der Waals surface area contributed by atoms with Crippen molar-refractivity contribution in [2.24, 2.45) is 0 Å². The molecule has 0 saturated heterocycles. The average molecular weight is 198 g/mol. The molecule has 0 aliphatic rings. The van der Waals surface area contributed by atoms with Crippen molar-refractivity contribution >= 4 is 5.97 Å². The maximum atomic E-state index is 10.3. The SMILES string of the molecule is CC.CCOc1ncc(C(=O)O)cn1. The number of nitrogens with zero attached hydrogens (tertiary/aromatic N) is 2. The monoisotopic (exact) mass is 198 g/mol. The lowest BCUT2D eigenvalue weighted by molar-refractivity contribution is 0.0695. The van der Waals surface area contributed by atoms with Gasteiger partial charge in [-0.3, -0.25) is 0 Å². The highest BCUT2D eigenvalue weighted by Crippen LogP contribution is 2.01. The number of hydrogen-bond acceptors (Lipinski definition) is 4. The maximum absolute atomic E-state index is 10.3. The van der Waals surface area contributed by atoms with E-state index in [1.165, 1.54) is 12.4 Å². The molecule has 78 valence electrons. The van der Waals surface area contributed by atoms with E-state index >= 15 is 0 Å². The standard InChI is InChI=1S/C7H8N2O3.C2H6/c1-2-12-7-8-3-5(4-9-7)6(10)11;1-2/h3-4H,2H2,1H3,(H,10,11);1-2H3. The van der Waals surface area contributed by atoms with Crippen molar-refractivity contribution < 1.29 is 14.6 Å². The van der Waals surface area contributed by atoms with E-state index in [0.717, 1.165) is 0 Å². The summed E-state index contributed by atoms with van der Waals surface area (Å²) in [6.07, 6.45) is 2.42. The fourth-order valence-electron chi connectivity index (χ4n) is 0.630. The third kappa shape index (κ3) is 3.84. The molecule has 0 amide bonds. The molecule has 0 aliphatic heterocycles. The summed E-state index contributed by atoms with van der Waals surface area (Å²) < 4.78 is 4.93. The van der Waals surface area contributed by atoms with Gasteiger partial charge in [0.15, 0.2) is 0 Å². The van der Waals surface area contributed by atoms with Crippen molar-refractivity contribution in [2.45, 2.75) is 20.8 Å². The largest absolute Gasteiger partial charge is 0.478 e. The average Bonchev–Trinajstić information content (AvgIpc) is 2.22. The number of aromatic carboxylic acids is 1. The van der Waals surface area contributed by atoms with Crippen LogP contribution in [0.4, 0.5) is 0 Å². The minimum atomic E-state index is -1.04. The second kappa shape index (κ2) is 6.82. The second-order valence-electron chi connectivity index (χ2n) is 1.99. The van der Waals surface area contributed by atoms with Crippen LogP contribution in [0.15, 0.2) is 12.4 Å². The van der Waals surface area contributed by atoms with Crippen LogP contribution >= 0.6 is 0 Å². The van der Waals surface area contributed by atoms with Crippen molar-refractivity contribution in [1.29, 1.82) is 0 Å². The van der Waals surface area contributed by atoms with E-state index in [1.807, 2.05) is 13.8 Å². The topological polar surface area (TPSA) is 72.3 Å². The Morgan fingerprint density at radius 3 is 2.29 bits per heavy atom. The Morgan fingerprint density at radius 2 is 1.93 bits per heavy atom. The Morgan fingerprint density at radius 1 is 1.43 bits per heavy atom. The molecule has 1 heterocycles. The summed E-state index contributed by atoms with van der Waals surface area (Å²) in [6.45, 7) is 6.26. The number of rotatable bonds is 3. The molecule has 14 heavy (non-hydrogen) atoms. The molecule has 0 radical (unpaired) electrons. The van der Waals surface area contributed by atoms with Crippen molar-refractivity contribution in [3.05, 3.63) is 18.0 Å². The van der Waals surface area contributed by atoms with Crippen LogP contribution in [0.1, 0.15) is 31.1 Å². The Bertz CT molecular complexity index is 272. The minimum absolute atomic E-state index is 0.0541. The Labute approximate surface area is 82.8 Å². The van der Waals surface area contributed by atoms with Crippen LogP contribution in [0.5, 0.6) is 6.01 Å². The van der Waals surface area contributed by atoms with E-state index < -0.39 is 5.97 Å². The van der Waals surface area contributed by atoms with Gasteiger partial charge in [0.05, 0.1) is 12.2 Å². The molecule has 0 fully saturated rings. The van der Waals surface area contributed by atoms with Crippen LogP contribution < -0.4 is 4.74 Å². The van der Waals surface area contributed by atoms with Crippen LogP contribution in [-0.2, 0) is 0 Å². The second-order valence-corrected chi connectivity index (χ2v) is 1.99. The Kier molecular flexibility index (Phi) is 6.02. The fourth-order valence-corrected chi connectivity index (χ4v) is 0.630. The third-order valence-corrected chi connectivity index (χ3v) is 1.15. The smallest absolute Gasteiger partial charge is 0.338 e. The van der Waals surface area contributed by atoms with Gasteiger partial charge in [0, 0.05) is 12.4 Å². The number of carboxylic acid groups (broad SMARTS) is 1. The van der Waals surface area contributed by atoms with Crippen LogP contribution in [0.25, 0.3) is 0 Å². The highest BCUT2D eigenvalue weighted by Gasteiger charge is 2.03. The first-order chi connectivity index (χ1) is 6.74. The summed E-state index contributed by atoms with van der Waals surface area (Å²) in [4.78, 5) is 17.7. The summed E-state index contributed by atoms with van der Waals surface area (Å²) in [5.41, 5.74) is 0.0541. The molecule has 0 spiro atoms. The van der Waals surface area contributed by atoms with Crippen molar-refractivity contribution in [2.75, 3.05) is 6.61 Å². The molecule has 1 rings (SSSR count). The molecular formula is C9H14N2O3. The van der Waals surface area contributed by atoms with Gasteiger partial charge in [0.1, 0.15) is 0 Å². The fraction of sp³-hybridized carbons (Fsp3) is 0.444. The van der Waals surface area contributed by atoms with Gasteiger partial charge in [-0.25, -0.2) is 14.8 Å². The summed E-state index contributed by atoms with van der Waals surface area (Å²) in [5.74, 6) is -1.04. The predicted molar refractivity (Wildman–Crippen MR) is 51.5 cm³/mol. The molecule has 0 aliphatic carbocycles. The van der Waals surface area contributed by atoms with E-state index in [0.29, 0.717) is 6.61 Å². The first kappa shape index (κ1) is 12.3. The Hall–Kier alpha value is -1.65. The van der Waals surface area contributed by atoms with E-state index in [1.54, 1.807) is 6.92 Å². The van der Waals surface area contributed by atoms with Gasteiger partial charge >= 0.3 is 12.0 Å². The molecule has 0 aromatic carbocycles. The zero-order valence-corrected chi connectivity index (χ0v) is 8.52. The van der Waals surface area contributed by atoms with Crippen LogP contribution in [-0.4, -0.2) is 27.7 Å². The summed E-state index contributed by atoms with van der Waals surface area (Å²) >= 11 is 0. The molecule has 5 heteroatoms. The number of hydrogen-bond donors (Lipinski definition) is 1. The summed E-state index contributed by atoms with van der Waals surface area (Å²) in [6, 6.07) is 0.197.